The van der Waals surface area contributed by atoms with Crippen LogP contribution >= 0.6 is 23.4 Å². The smallest absolute Gasteiger partial charge is 0.243 e. The van der Waals surface area contributed by atoms with Crippen molar-refractivity contribution < 1.29 is 14.0 Å². The normalized spacial score (nSPS) is 15.1. The summed E-state index contributed by atoms with van der Waals surface area (Å²) >= 11 is 7.56. The zero-order valence-electron chi connectivity index (χ0n) is 19.1. The van der Waals surface area contributed by atoms with Crippen LogP contribution in [0.1, 0.15) is 56.6 Å². The lowest BCUT2D eigenvalue weighted by molar-refractivity contribution is -0.139. The van der Waals surface area contributed by atoms with E-state index in [1.165, 1.54) is 30.3 Å². The van der Waals surface area contributed by atoms with E-state index < -0.39 is 6.04 Å². The summed E-state index contributed by atoms with van der Waals surface area (Å²) in [7, 11) is 0. The van der Waals surface area contributed by atoms with Crippen molar-refractivity contribution in [2.24, 2.45) is 0 Å². The highest BCUT2D eigenvalue weighted by Gasteiger charge is 2.30. The molecule has 0 aromatic heterocycles. The van der Waals surface area contributed by atoms with Gasteiger partial charge in [0.15, 0.2) is 0 Å². The molecule has 4 nitrogen and oxygen atoms in total. The highest BCUT2D eigenvalue weighted by Crippen LogP contribution is 2.21. The van der Waals surface area contributed by atoms with Gasteiger partial charge < -0.3 is 10.2 Å². The third kappa shape index (κ3) is 8.04. The van der Waals surface area contributed by atoms with Gasteiger partial charge in [-0.2, -0.15) is 0 Å². The summed E-state index contributed by atoms with van der Waals surface area (Å²) in [5.41, 5.74) is 1.85. The minimum absolute atomic E-state index is 0.0975. The third-order valence-electron chi connectivity index (χ3n) is 5.99. The molecule has 0 saturated heterocycles. The summed E-state index contributed by atoms with van der Waals surface area (Å²) in [6.07, 6.45) is 5.96. The van der Waals surface area contributed by atoms with Crippen molar-refractivity contribution in [2.75, 3.05) is 5.75 Å². The van der Waals surface area contributed by atoms with Gasteiger partial charge in [-0.05, 0) is 54.7 Å². The van der Waals surface area contributed by atoms with E-state index in [9.17, 15) is 14.0 Å². The molecular formula is C26H32ClFN2O2S. The van der Waals surface area contributed by atoms with Crippen LogP contribution in [0.15, 0.2) is 48.5 Å². The van der Waals surface area contributed by atoms with Crippen molar-refractivity contribution in [3.05, 3.63) is 70.5 Å². The van der Waals surface area contributed by atoms with Crippen LogP contribution in [-0.4, -0.2) is 34.6 Å². The maximum atomic E-state index is 13.4. The minimum atomic E-state index is -0.559. The Labute approximate surface area is 205 Å². The third-order valence-corrected chi connectivity index (χ3v) is 7.21. The average Bonchev–Trinajstić information content (AvgIpc) is 2.81. The van der Waals surface area contributed by atoms with Gasteiger partial charge in [0, 0.05) is 23.4 Å². The van der Waals surface area contributed by atoms with Gasteiger partial charge >= 0.3 is 0 Å². The molecule has 1 aliphatic rings. The van der Waals surface area contributed by atoms with Crippen LogP contribution in [0.2, 0.25) is 5.02 Å². The summed E-state index contributed by atoms with van der Waals surface area (Å²) in [6.45, 7) is 2.20. The average molecular weight is 491 g/mol. The largest absolute Gasteiger partial charge is 0.352 e. The van der Waals surface area contributed by atoms with Crippen molar-refractivity contribution in [1.82, 2.24) is 10.2 Å². The maximum absolute atomic E-state index is 13.4. The second kappa shape index (κ2) is 13.0. The van der Waals surface area contributed by atoms with Gasteiger partial charge in [0.2, 0.25) is 11.8 Å². The van der Waals surface area contributed by atoms with Crippen LogP contribution in [-0.2, 0) is 21.9 Å². The van der Waals surface area contributed by atoms with E-state index >= 15 is 0 Å². The van der Waals surface area contributed by atoms with E-state index in [4.69, 9.17) is 11.6 Å². The predicted octanol–water partition coefficient (Wildman–Crippen LogP) is 5.97. The number of rotatable bonds is 10. The first-order valence-electron chi connectivity index (χ1n) is 11.6. The van der Waals surface area contributed by atoms with Gasteiger partial charge in [-0.1, -0.05) is 62.1 Å². The topological polar surface area (TPSA) is 49.4 Å². The number of halogens is 2. The van der Waals surface area contributed by atoms with Crippen LogP contribution in [0, 0.1) is 5.82 Å². The van der Waals surface area contributed by atoms with Crippen molar-refractivity contribution in [3.8, 4) is 0 Å². The van der Waals surface area contributed by atoms with Gasteiger partial charge in [0.05, 0.1) is 5.75 Å². The summed E-state index contributed by atoms with van der Waals surface area (Å²) in [5.74, 6) is 0.385. The molecule has 0 heterocycles. The molecule has 7 heteroatoms. The van der Waals surface area contributed by atoms with Crippen LogP contribution < -0.4 is 5.32 Å². The van der Waals surface area contributed by atoms with E-state index in [2.05, 4.69) is 5.32 Å². The number of hydrogen-bond donors (Lipinski definition) is 1. The Morgan fingerprint density at radius 2 is 1.85 bits per heavy atom. The zero-order valence-corrected chi connectivity index (χ0v) is 20.6. The molecule has 0 aliphatic heterocycles. The summed E-state index contributed by atoms with van der Waals surface area (Å²) < 4.78 is 13.4. The molecule has 0 radical (unpaired) electrons. The second-order valence-electron chi connectivity index (χ2n) is 8.54. The van der Waals surface area contributed by atoms with Crippen molar-refractivity contribution in [2.45, 2.75) is 69.8 Å². The molecular weight excluding hydrogens is 459 g/mol. The Bertz CT molecular complexity index is 919. The fourth-order valence-electron chi connectivity index (χ4n) is 4.22. The van der Waals surface area contributed by atoms with Crippen molar-refractivity contribution in [1.29, 1.82) is 0 Å². The zero-order chi connectivity index (χ0) is 23.6. The van der Waals surface area contributed by atoms with Crippen molar-refractivity contribution in [3.63, 3.8) is 0 Å². The standard InChI is InChI=1S/C26H32ClFN2O2S/c1-2-24(26(32)29-23-9-4-3-5-10-23)30(16-19-11-13-22(28)14-12-19)25(31)18-33-17-20-7-6-8-21(27)15-20/h6-8,11-15,23-24H,2-5,9-10,16-18H2,1H3,(H,29,32)/t24-/m0/s1. The SMILES string of the molecule is CC[C@@H](C(=O)NC1CCCCC1)N(Cc1ccc(F)cc1)C(=O)CSCc1cccc(Cl)c1. The molecule has 0 spiro atoms. The Morgan fingerprint density at radius 1 is 1.12 bits per heavy atom. The van der Waals surface area contributed by atoms with Gasteiger partial charge in [-0.25, -0.2) is 4.39 Å². The number of amides is 2. The lowest BCUT2D eigenvalue weighted by Gasteiger charge is -2.32. The molecule has 1 atom stereocenters. The first-order chi connectivity index (χ1) is 16.0. The number of nitrogens with zero attached hydrogens (tertiary/aromatic N) is 1. The molecule has 1 aliphatic carbocycles. The Morgan fingerprint density at radius 3 is 2.52 bits per heavy atom. The quantitative estimate of drug-likeness (QED) is 0.446. The number of carbonyl (C=O) groups excluding carboxylic acids is 2. The fraction of sp³-hybridized carbons (Fsp3) is 0.462. The first kappa shape index (κ1) is 25.6. The van der Waals surface area contributed by atoms with Crippen LogP contribution in [0.5, 0.6) is 0 Å². The van der Waals surface area contributed by atoms with E-state index in [-0.39, 0.29) is 36.0 Å². The first-order valence-corrected chi connectivity index (χ1v) is 13.2. The molecule has 178 valence electrons. The summed E-state index contributed by atoms with van der Waals surface area (Å²) in [4.78, 5) is 28.1. The number of nitrogens with one attached hydrogen (secondary N) is 1. The van der Waals surface area contributed by atoms with Crippen LogP contribution in [0.4, 0.5) is 4.39 Å². The Kier molecular flexibility index (Phi) is 10.1. The monoisotopic (exact) mass is 490 g/mol. The number of carbonyl (C=O) groups is 2. The molecule has 33 heavy (non-hydrogen) atoms. The van der Waals surface area contributed by atoms with Crippen molar-refractivity contribution >= 4 is 35.2 Å². The summed E-state index contributed by atoms with van der Waals surface area (Å²) in [5, 5.41) is 3.84. The molecule has 2 aromatic rings. The van der Waals surface area contributed by atoms with E-state index in [1.807, 2.05) is 31.2 Å². The van der Waals surface area contributed by atoms with E-state index in [0.717, 1.165) is 36.8 Å². The van der Waals surface area contributed by atoms with Gasteiger partial charge in [-0.3, -0.25) is 9.59 Å². The van der Waals surface area contributed by atoms with Gasteiger partial charge in [0.1, 0.15) is 11.9 Å². The molecule has 1 saturated carbocycles. The highest BCUT2D eigenvalue weighted by molar-refractivity contribution is 7.99. The molecule has 2 amide bonds. The van der Waals surface area contributed by atoms with Crippen LogP contribution in [0.25, 0.3) is 0 Å². The Hall–Kier alpha value is -2.05. The molecule has 2 aromatic carbocycles. The van der Waals surface area contributed by atoms with Gasteiger partial charge in [-0.15, -0.1) is 11.8 Å². The number of benzene rings is 2. The highest BCUT2D eigenvalue weighted by atomic mass is 35.5. The number of thioether (sulfide) groups is 1. The van der Waals surface area contributed by atoms with E-state index in [0.29, 0.717) is 17.2 Å². The molecule has 1 fully saturated rings. The fourth-order valence-corrected chi connectivity index (χ4v) is 5.29. The second-order valence-corrected chi connectivity index (χ2v) is 9.96. The molecule has 0 bridgehead atoms. The predicted molar refractivity (Wildman–Crippen MR) is 134 cm³/mol. The number of hydrogen-bond acceptors (Lipinski definition) is 3. The Balaban J connectivity index is 1.69. The maximum Gasteiger partial charge on any atom is 0.243 e. The van der Waals surface area contributed by atoms with E-state index in [1.54, 1.807) is 17.0 Å². The lowest BCUT2D eigenvalue weighted by Crippen LogP contribution is -2.52. The van der Waals surface area contributed by atoms with Gasteiger partial charge in [0.25, 0.3) is 0 Å². The molecule has 3 rings (SSSR count). The molecule has 0 unspecified atom stereocenters. The summed E-state index contributed by atoms with van der Waals surface area (Å²) in [6, 6.07) is 13.3. The molecule has 1 N–H and O–H groups in total. The lowest BCUT2D eigenvalue weighted by atomic mass is 9.95. The minimum Gasteiger partial charge on any atom is -0.352 e. The van der Waals surface area contributed by atoms with Crippen LogP contribution in [0.3, 0.4) is 0 Å².